The Bertz CT molecular complexity index is 1920. The molecule has 3 N–H and O–H groups in total. The van der Waals surface area contributed by atoms with E-state index in [9.17, 15) is 43.2 Å². The molecule has 0 heterocycles. The average molecular weight is 1440 g/mol. The number of carbonyl (C=O) groups is 4. The third-order valence-corrected chi connectivity index (χ3v) is 20.6. The van der Waals surface area contributed by atoms with Crippen molar-refractivity contribution < 1.29 is 80.2 Å². The summed E-state index contributed by atoms with van der Waals surface area (Å²) in [6.45, 7) is 14.2. The topological polar surface area (TPSA) is 237 Å². The van der Waals surface area contributed by atoms with E-state index in [2.05, 4.69) is 55.4 Å². The summed E-state index contributed by atoms with van der Waals surface area (Å²) in [4.78, 5) is 73.0. The summed E-state index contributed by atoms with van der Waals surface area (Å²) in [5, 5.41) is 10.6. The molecule has 0 spiro atoms. The lowest BCUT2D eigenvalue weighted by Gasteiger charge is -2.21. The normalized spacial score (nSPS) is 14.3. The Morgan fingerprint density at radius 2 is 0.490 bits per heavy atom. The lowest BCUT2D eigenvalue weighted by molar-refractivity contribution is -0.161. The molecule has 17 nitrogen and oxygen atoms in total. The molecule has 0 aromatic rings. The van der Waals surface area contributed by atoms with Crippen molar-refractivity contribution in [3.8, 4) is 0 Å². The fourth-order valence-electron chi connectivity index (χ4n) is 12.0. The maximum Gasteiger partial charge on any atom is 0.472 e. The van der Waals surface area contributed by atoms with Crippen LogP contribution in [-0.2, 0) is 65.4 Å². The van der Waals surface area contributed by atoms with Crippen molar-refractivity contribution in [2.75, 3.05) is 39.6 Å². The van der Waals surface area contributed by atoms with E-state index in [1.807, 2.05) is 0 Å². The van der Waals surface area contributed by atoms with Crippen molar-refractivity contribution in [1.29, 1.82) is 0 Å². The molecule has 6 atom stereocenters. The quantitative estimate of drug-likeness (QED) is 0.0222. The highest BCUT2D eigenvalue weighted by molar-refractivity contribution is 7.47. The minimum Gasteiger partial charge on any atom is -0.462 e. The second-order valence-corrected chi connectivity index (χ2v) is 33.0. The van der Waals surface area contributed by atoms with Gasteiger partial charge in [-0.2, -0.15) is 0 Å². The number of hydrogen-bond donors (Lipinski definition) is 3. The number of phosphoric acid groups is 2. The Morgan fingerprint density at radius 3 is 0.724 bits per heavy atom. The molecule has 0 aromatic carbocycles. The number of unbranched alkanes of at least 4 members (excludes halogenated alkanes) is 41. The van der Waals surface area contributed by atoms with Gasteiger partial charge in [-0.25, -0.2) is 9.13 Å². The molecule has 582 valence electrons. The van der Waals surface area contributed by atoms with Gasteiger partial charge in [0.05, 0.1) is 26.4 Å². The smallest absolute Gasteiger partial charge is 0.462 e. The molecule has 19 heteroatoms. The van der Waals surface area contributed by atoms with E-state index in [-0.39, 0.29) is 25.7 Å². The molecule has 4 unspecified atom stereocenters. The van der Waals surface area contributed by atoms with Gasteiger partial charge >= 0.3 is 39.5 Å². The summed E-state index contributed by atoms with van der Waals surface area (Å²) >= 11 is 0. The lowest BCUT2D eigenvalue weighted by atomic mass is 9.99. The molecule has 0 aliphatic heterocycles. The van der Waals surface area contributed by atoms with E-state index >= 15 is 0 Å². The number of rotatable bonds is 76. The van der Waals surface area contributed by atoms with Crippen LogP contribution in [0.1, 0.15) is 402 Å². The number of esters is 4. The molecule has 0 saturated heterocycles. The number of ether oxygens (including phenoxy) is 4. The van der Waals surface area contributed by atoms with E-state index in [0.29, 0.717) is 31.6 Å². The maximum absolute atomic E-state index is 13.1. The monoisotopic (exact) mass is 1440 g/mol. The van der Waals surface area contributed by atoms with E-state index in [1.165, 1.54) is 199 Å². The molecule has 0 amide bonds. The Kier molecular flexibility index (Phi) is 66.8. The zero-order chi connectivity index (χ0) is 72.4. The summed E-state index contributed by atoms with van der Waals surface area (Å²) in [5.74, 6) is 0.988. The fourth-order valence-corrected chi connectivity index (χ4v) is 13.6. The minimum absolute atomic E-state index is 0.106. The molecule has 0 radical (unpaired) electrons. The summed E-state index contributed by atoms with van der Waals surface area (Å²) < 4.78 is 68.7. The fraction of sp³-hybridized carbons (Fsp3) is 0.949. The largest absolute Gasteiger partial charge is 0.472 e. The highest BCUT2D eigenvalue weighted by Gasteiger charge is 2.30. The van der Waals surface area contributed by atoms with Crippen LogP contribution in [0.3, 0.4) is 0 Å². The van der Waals surface area contributed by atoms with Gasteiger partial charge in [-0.3, -0.25) is 37.3 Å². The molecule has 0 saturated carbocycles. The van der Waals surface area contributed by atoms with Gasteiger partial charge in [0.2, 0.25) is 0 Å². The van der Waals surface area contributed by atoms with Crippen LogP contribution < -0.4 is 0 Å². The van der Waals surface area contributed by atoms with Crippen molar-refractivity contribution in [3.63, 3.8) is 0 Å². The highest BCUT2D eigenvalue weighted by atomic mass is 31.2. The molecular formula is C79H154O17P2. The van der Waals surface area contributed by atoms with Gasteiger partial charge in [0.15, 0.2) is 12.2 Å². The molecule has 0 aromatic heterocycles. The van der Waals surface area contributed by atoms with Crippen LogP contribution in [0.5, 0.6) is 0 Å². The van der Waals surface area contributed by atoms with Crippen molar-refractivity contribution in [1.82, 2.24) is 0 Å². The molecule has 0 rings (SSSR count). The molecule has 0 aliphatic carbocycles. The standard InChI is InChI=1S/C79H154O17P2/c1-9-72(8)58-50-42-34-26-22-23-27-35-43-51-59-76(81)89-65-74(95-78(83)61-53-45-36-28-20-16-12-10-14-18-24-31-39-47-55-69(2)3)67-93-97(85,86)91-63-73(80)64-92-98(87,88)94-68-75(66-90-77(82)60-52-44-38-30-33-41-49-57-71(6)7)96-79(84)62-54-46-37-29-21-17-13-11-15-19-25-32-40-48-56-70(4)5/h69-75,80H,9-68H2,1-8H3,(H,85,86)(H,87,88)/t72?,73?,74-,75-/m1/s1. The van der Waals surface area contributed by atoms with Gasteiger partial charge < -0.3 is 33.8 Å². The number of carbonyl (C=O) groups excluding carboxylic acids is 4. The number of phosphoric ester groups is 2. The molecule has 98 heavy (non-hydrogen) atoms. The van der Waals surface area contributed by atoms with Crippen LogP contribution in [0.2, 0.25) is 0 Å². The Hall–Kier alpha value is -1.94. The van der Waals surface area contributed by atoms with Crippen LogP contribution in [0.25, 0.3) is 0 Å². The minimum atomic E-state index is -4.96. The van der Waals surface area contributed by atoms with Gasteiger partial charge in [0.25, 0.3) is 0 Å². The summed E-state index contributed by atoms with van der Waals surface area (Å²) in [7, 11) is -9.92. The lowest BCUT2D eigenvalue weighted by Crippen LogP contribution is -2.30. The summed E-state index contributed by atoms with van der Waals surface area (Å²) in [6, 6.07) is 0. The first kappa shape index (κ1) is 96.1. The van der Waals surface area contributed by atoms with Gasteiger partial charge in [0.1, 0.15) is 19.3 Å². The number of aliphatic hydroxyl groups is 1. The van der Waals surface area contributed by atoms with E-state index in [1.54, 1.807) is 0 Å². The highest BCUT2D eigenvalue weighted by Crippen LogP contribution is 2.45. The van der Waals surface area contributed by atoms with Gasteiger partial charge in [-0.05, 0) is 49.4 Å². The van der Waals surface area contributed by atoms with Crippen LogP contribution in [0.4, 0.5) is 0 Å². The van der Waals surface area contributed by atoms with Crippen LogP contribution in [0.15, 0.2) is 0 Å². The van der Waals surface area contributed by atoms with Crippen LogP contribution in [0, 0.1) is 23.7 Å². The summed E-state index contributed by atoms with van der Waals surface area (Å²) in [5.41, 5.74) is 0. The van der Waals surface area contributed by atoms with E-state index in [4.69, 9.17) is 37.0 Å². The molecule has 0 bridgehead atoms. The predicted octanol–water partition coefficient (Wildman–Crippen LogP) is 23.2. The maximum atomic E-state index is 13.1. The second-order valence-electron chi connectivity index (χ2n) is 30.1. The Balaban J connectivity index is 5.25. The summed E-state index contributed by atoms with van der Waals surface area (Å²) in [6.07, 6.45) is 54.1. The average Bonchev–Trinajstić information content (AvgIpc) is 1.08. The third-order valence-electron chi connectivity index (χ3n) is 18.7. The predicted molar refractivity (Wildman–Crippen MR) is 400 cm³/mol. The Labute approximate surface area is 600 Å². The van der Waals surface area contributed by atoms with Gasteiger partial charge in [-0.15, -0.1) is 0 Å². The van der Waals surface area contributed by atoms with Crippen molar-refractivity contribution in [3.05, 3.63) is 0 Å². The van der Waals surface area contributed by atoms with Crippen LogP contribution in [-0.4, -0.2) is 96.7 Å². The number of aliphatic hydroxyl groups excluding tert-OH is 1. The first-order valence-corrected chi connectivity index (χ1v) is 43.7. The molecular weight excluding hydrogens is 1280 g/mol. The van der Waals surface area contributed by atoms with E-state index < -0.39 is 97.5 Å². The first-order valence-electron chi connectivity index (χ1n) is 40.7. The van der Waals surface area contributed by atoms with E-state index in [0.717, 1.165) is 114 Å². The van der Waals surface area contributed by atoms with Gasteiger partial charge in [-0.1, -0.05) is 351 Å². The zero-order valence-corrected chi connectivity index (χ0v) is 66.2. The third kappa shape index (κ3) is 71.1. The zero-order valence-electron chi connectivity index (χ0n) is 64.4. The SMILES string of the molecule is CCC(C)CCCCCCCCCCCCC(=O)OC[C@H](COP(=O)(O)OCC(O)COP(=O)(O)OC[C@@H](COC(=O)CCCCCCCCCC(C)C)OC(=O)CCCCCCCCCCCCCCCCC(C)C)OC(=O)CCCCCCCCCCCCCCCCC(C)C. The molecule has 0 fully saturated rings. The van der Waals surface area contributed by atoms with Crippen molar-refractivity contribution in [2.45, 2.75) is 420 Å². The Morgan fingerprint density at radius 1 is 0.286 bits per heavy atom. The van der Waals surface area contributed by atoms with Gasteiger partial charge in [0, 0.05) is 25.7 Å². The van der Waals surface area contributed by atoms with Crippen molar-refractivity contribution in [2.24, 2.45) is 23.7 Å². The van der Waals surface area contributed by atoms with Crippen LogP contribution >= 0.6 is 15.6 Å². The molecule has 0 aliphatic rings. The second kappa shape index (κ2) is 68.2. The van der Waals surface area contributed by atoms with Crippen molar-refractivity contribution >= 4 is 39.5 Å². The number of hydrogen-bond acceptors (Lipinski definition) is 15. The first-order chi connectivity index (χ1) is 47.1.